The molecule has 0 spiro atoms. The van der Waals surface area contributed by atoms with Gasteiger partial charge in [-0.15, -0.1) is 0 Å². The minimum absolute atomic E-state index is 0.0690. The van der Waals surface area contributed by atoms with Crippen molar-refractivity contribution in [2.45, 2.75) is 13.0 Å². The number of hydrogen-bond donors (Lipinski definition) is 2. The minimum Gasteiger partial charge on any atom is -0.478 e. The van der Waals surface area contributed by atoms with Gasteiger partial charge in [0.15, 0.2) is 4.67 Å². The Morgan fingerprint density at radius 1 is 1.42 bits per heavy atom. The zero-order valence-electron chi connectivity index (χ0n) is 9.98. The first-order chi connectivity index (χ1) is 8.97. The Bertz CT molecular complexity index is 612. The number of nitrogens with one attached hydrogen (secondary N) is 1. The molecule has 0 aliphatic heterocycles. The summed E-state index contributed by atoms with van der Waals surface area (Å²) in [5, 5.41) is 12.4. The van der Waals surface area contributed by atoms with Crippen molar-refractivity contribution in [3.63, 3.8) is 0 Å². The molecule has 2 aromatic rings. The molecule has 1 aromatic carbocycles. The van der Waals surface area contributed by atoms with Gasteiger partial charge < -0.3 is 14.8 Å². The molecule has 4 nitrogen and oxygen atoms in total. The van der Waals surface area contributed by atoms with Gasteiger partial charge in [-0.1, -0.05) is 11.6 Å². The smallest absolute Gasteiger partial charge is 0.337 e. The van der Waals surface area contributed by atoms with Crippen molar-refractivity contribution in [2.75, 3.05) is 5.32 Å². The van der Waals surface area contributed by atoms with E-state index in [9.17, 15) is 4.79 Å². The molecule has 1 aromatic heterocycles. The minimum atomic E-state index is -1.05. The number of furan rings is 1. The maximum Gasteiger partial charge on any atom is 0.337 e. The molecule has 0 saturated carbocycles. The summed E-state index contributed by atoms with van der Waals surface area (Å²) in [4.78, 5) is 11.0. The normalized spacial score (nSPS) is 12.2. The topological polar surface area (TPSA) is 62.5 Å². The summed E-state index contributed by atoms with van der Waals surface area (Å²) < 4.78 is 6.08. The Hall–Kier alpha value is -1.46. The average molecular weight is 345 g/mol. The van der Waals surface area contributed by atoms with Crippen molar-refractivity contribution in [1.82, 2.24) is 0 Å². The van der Waals surface area contributed by atoms with Crippen molar-refractivity contribution >= 4 is 39.2 Å². The van der Waals surface area contributed by atoms with Gasteiger partial charge in [-0.05, 0) is 53.2 Å². The van der Waals surface area contributed by atoms with Crippen molar-refractivity contribution in [2.24, 2.45) is 0 Å². The number of halogens is 2. The predicted octanol–water partition coefficient (Wildman–Crippen LogP) is 4.57. The summed E-state index contributed by atoms with van der Waals surface area (Å²) in [6.07, 6.45) is 0. The van der Waals surface area contributed by atoms with Crippen LogP contribution in [0.4, 0.5) is 5.69 Å². The molecule has 1 unspecified atom stereocenters. The largest absolute Gasteiger partial charge is 0.478 e. The van der Waals surface area contributed by atoms with Crippen LogP contribution in [-0.4, -0.2) is 11.1 Å². The predicted molar refractivity (Wildman–Crippen MR) is 76.9 cm³/mol. The molecule has 100 valence electrons. The van der Waals surface area contributed by atoms with Crippen LogP contribution in [0.15, 0.2) is 39.4 Å². The van der Waals surface area contributed by atoms with Gasteiger partial charge >= 0.3 is 5.97 Å². The monoisotopic (exact) mass is 343 g/mol. The van der Waals surface area contributed by atoms with Crippen molar-refractivity contribution in [3.05, 3.63) is 51.3 Å². The van der Waals surface area contributed by atoms with Crippen LogP contribution < -0.4 is 5.32 Å². The lowest BCUT2D eigenvalue weighted by atomic mass is 10.1. The Labute approximate surface area is 123 Å². The summed E-state index contributed by atoms with van der Waals surface area (Å²) in [5.41, 5.74) is 0.737. The van der Waals surface area contributed by atoms with Crippen LogP contribution in [0.3, 0.4) is 0 Å². The fourth-order valence-electron chi connectivity index (χ4n) is 1.66. The summed E-state index contributed by atoms with van der Waals surface area (Å²) in [7, 11) is 0. The van der Waals surface area contributed by atoms with E-state index in [4.69, 9.17) is 21.1 Å². The second-order valence-electron chi connectivity index (χ2n) is 4.01. The molecule has 0 amide bonds. The highest BCUT2D eigenvalue weighted by Crippen LogP contribution is 2.26. The fourth-order valence-corrected chi connectivity index (χ4v) is 2.18. The number of carboxylic acid groups (broad SMARTS) is 1. The van der Waals surface area contributed by atoms with Gasteiger partial charge in [0.05, 0.1) is 16.6 Å². The average Bonchev–Trinajstić information content (AvgIpc) is 2.78. The molecule has 0 aliphatic carbocycles. The van der Waals surface area contributed by atoms with Crippen LogP contribution in [-0.2, 0) is 0 Å². The van der Waals surface area contributed by atoms with E-state index in [1.807, 2.05) is 13.0 Å². The molecule has 0 radical (unpaired) electrons. The van der Waals surface area contributed by atoms with E-state index >= 15 is 0 Å². The third-order valence-electron chi connectivity index (χ3n) is 2.60. The first kappa shape index (κ1) is 14.0. The van der Waals surface area contributed by atoms with E-state index < -0.39 is 5.97 Å². The standard InChI is InChI=1S/C13H11BrClNO3/c1-7(11-4-5-12(14)19-11)16-8-2-3-10(15)9(6-8)13(17)18/h2-7,16H,1H3,(H,17,18). The molecule has 0 fully saturated rings. The van der Waals surface area contributed by atoms with E-state index in [-0.39, 0.29) is 16.6 Å². The number of anilines is 1. The van der Waals surface area contributed by atoms with Crippen LogP contribution in [0, 0.1) is 0 Å². The maximum absolute atomic E-state index is 11.0. The van der Waals surface area contributed by atoms with Crippen LogP contribution in [0.25, 0.3) is 0 Å². The van der Waals surface area contributed by atoms with E-state index in [0.29, 0.717) is 10.4 Å². The Morgan fingerprint density at radius 3 is 2.74 bits per heavy atom. The molecule has 2 rings (SSSR count). The number of benzene rings is 1. The Morgan fingerprint density at radius 2 is 2.16 bits per heavy atom. The van der Waals surface area contributed by atoms with Gasteiger partial charge in [-0.3, -0.25) is 0 Å². The van der Waals surface area contributed by atoms with E-state index in [1.165, 1.54) is 6.07 Å². The third-order valence-corrected chi connectivity index (χ3v) is 3.36. The molecule has 2 N–H and O–H groups in total. The van der Waals surface area contributed by atoms with E-state index in [1.54, 1.807) is 18.2 Å². The molecular weight excluding hydrogens is 334 g/mol. The lowest BCUT2D eigenvalue weighted by Gasteiger charge is -2.13. The van der Waals surface area contributed by atoms with Gasteiger partial charge in [0, 0.05) is 5.69 Å². The van der Waals surface area contributed by atoms with Crippen molar-refractivity contribution in [3.8, 4) is 0 Å². The van der Waals surface area contributed by atoms with E-state index in [2.05, 4.69) is 21.2 Å². The zero-order valence-corrected chi connectivity index (χ0v) is 12.3. The second-order valence-corrected chi connectivity index (χ2v) is 5.20. The number of carboxylic acids is 1. The molecular formula is C13H11BrClNO3. The van der Waals surface area contributed by atoms with Gasteiger partial charge in [0.25, 0.3) is 0 Å². The number of hydrogen-bond acceptors (Lipinski definition) is 3. The summed E-state index contributed by atoms with van der Waals surface area (Å²) in [5.74, 6) is -0.305. The quantitative estimate of drug-likeness (QED) is 0.853. The first-order valence-corrected chi connectivity index (χ1v) is 6.69. The lowest BCUT2D eigenvalue weighted by Crippen LogP contribution is -2.07. The maximum atomic E-state index is 11.0. The first-order valence-electron chi connectivity index (χ1n) is 5.52. The highest BCUT2D eigenvalue weighted by Gasteiger charge is 2.13. The van der Waals surface area contributed by atoms with Crippen molar-refractivity contribution < 1.29 is 14.3 Å². The second kappa shape index (κ2) is 5.67. The summed E-state index contributed by atoms with van der Waals surface area (Å²) in [6.45, 7) is 1.92. The molecule has 1 heterocycles. The van der Waals surface area contributed by atoms with Crippen LogP contribution in [0.2, 0.25) is 5.02 Å². The number of carbonyl (C=O) groups is 1. The highest BCUT2D eigenvalue weighted by atomic mass is 79.9. The van der Waals surface area contributed by atoms with Gasteiger partial charge in [-0.25, -0.2) is 4.79 Å². The SMILES string of the molecule is CC(Nc1ccc(Cl)c(C(=O)O)c1)c1ccc(Br)o1. The molecule has 0 aliphatic rings. The number of rotatable bonds is 4. The Kier molecular flexibility index (Phi) is 4.17. The lowest BCUT2D eigenvalue weighted by molar-refractivity contribution is 0.0697. The van der Waals surface area contributed by atoms with Crippen LogP contribution in [0.1, 0.15) is 29.1 Å². The van der Waals surface area contributed by atoms with Crippen molar-refractivity contribution in [1.29, 1.82) is 0 Å². The molecule has 6 heteroatoms. The van der Waals surface area contributed by atoms with Gasteiger partial charge in [-0.2, -0.15) is 0 Å². The Balaban J connectivity index is 2.19. The highest BCUT2D eigenvalue weighted by molar-refractivity contribution is 9.10. The molecule has 19 heavy (non-hydrogen) atoms. The molecule has 0 bridgehead atoms. The van der Waals surface area contributed by atoms with E-state index in [0.717, 1.165) is 5.76 Å². The summed E-state index contributed by atoms with van der Waals surface area (Å²) in [6, 6.07) is 8.34. The third kappa shape index (κ3) is 3.30. The molecule has 1 atom stereocenters. The molecule has 0 saturated heterocycles. The summed E-state index contributed by atoms with van der Waals surface area (Å²) >= 11 is 9.05. The van der Waals surface area contributed by atoms with Gasteiger partial charge in [0.2, 0.25) is 0 Å². The van der Waals surface area contributed by atoms with Gasteiger partial charge in [0.1, 0.15) is 5.76 Å². The zero-order chi connectivity index (χ0) is 14.0. The fraction of sp³-hybridized carbons (Fsp3) is 0.154. The van der Waals surface area contributed by atoms with Crippen LogP contribution in [0.5, 0.6) is 0 Å². The van der Waals surface area contributed by atoms with Crippen LogP contribution >= 0.6 is 27.5 Å². The number of aromatic carboxylic acids is 1.